The lowest BCUT2D eigenvalue weighted by molar-refractivity contribution is -0.367. The van der Waals surface area contributed by atoms with Crippen LogP contribution >= 0.6 is 0 Å². The zero-order valence-electron chi connectivity index (χ0n) is 9.35. The summed E-state index contributed by atoms with van der Waals surface area (Å²) in [6.45, 7) is -0.837. The summed E-state index contributed by atoms with van der Waals surface area (Å²) in [5.41, 5.74) is -5.12. The summed E-state index contributed by atoms with van der Waals surface area (Å²) in [4.78, 5) is 11.8. The van der Waals surface area contributed by atoms with Crippen LogP contribution in [0.25, 0.3) is 0 Å². The molecule has 0 radical (unpaired) electrons. The lowest BCUT2D eigenvalue weighted by Gasteiger charge is -2.32. The Morgan fingerprint density at radius 3 is 1.95 bits per heavy atom. The van der Waals surface area contributed by atoms with Crippen molar-refractivity contribution in [3.05, 3.63) is 0 Å². The molecule has 0 unspecified atom stereocenters. The first kappa shape index (κ1) is 16.0. The van der Waals surface area contributed by atoms with Gasteiger partial charge in [0.15, 0.2) is 0 Å². The Morgan fingerprint density at radius 2 is 1.63 bits per heavy atom. The van der Waals surface area contributed by atoms with E-state index in [1.54, 1.807) is 0 Å². The van der Waals surface area contributed by atoms with Crippen molar-refractivity contribution < 1.29 is 40.6 Å². The van der Waals surface area contributed by atoms with Gasteiger partial charge in [0.25, 0.3) is 5.60 Å². The van der Waals surface area contributed by atoms with Crippen molar-refractivity contribution in [1.29, 1.82) is 0 Å². The maximum atomic E-state index is 12.7. The summed E-state index contributed by atoms with van der Waals surface area (Å²) < 4.78 is 86.6. The molecule has 1 aliphatic rings. The molecule has 1 fully saturated rings. The predicted octanol–water partition coefficient (Wildman–Crippen LogP) is 1.80. The standard InChI is InChI=1S/C9H10F7NO2/c10-5-1-2-17(4-5)6(18)3-7(19,8(11,12)13)9(14,15)16/h5,19H,1-4H2/t5-/m0/s1. The van der Waals surface area contributed by atoms with Crippen LogP contribution in [-0.2, 0) is 4.79 Å². The molecule has 3 nitrogen and oxygen atoms in total. The summed E-state index contributed by atoms with van der Waals surface area (Å²) in [6, 6.07) is 0. The molecule has 1 amide bonds. The fourth-order valence-corrected chi connectivity index (χ4v) is 1.64. The first-order valence-electron chi connectivity index (χ1n) is 5.16. The quantitative estimate of drug-likeness (QED) is 0.790. The van der Waals surface area contributed by atoms with Crippen LogP contribution in [0.15, 0.2) is 0 Å². The van der Waals surface area contributed by atoms with E-state index in [1.807, 2.05) is 0 Å². The van der Waals surface area contributed by atoms with Crippen LogP contribution in [0.2, 0.25) is 0 Å². The summed E-state index contributed by atoms with van der Waals surface area (Å²) in [5.74, 6) is -1.59. The van der Waals surface area contributed by atoms with Crippen molar-refractivity contribution in [2.45, 2.75) is 37.0 Å². The van der Waals surface area contributed by atoms with E-state index in [9.17, 15) is 35.5 Å². The molecule has 0 bridgehead atoms. The Balaban J connectivity index is 2.88. The van der Waals surface area contributed by atoms with Crippen molar-refractivity contribution in [2.24, 2.45) is 0 Å². The third-order valence-electron chi connectivity index (χ3n) is 2.83. The number of carbonyl (C=O) groups excluding carboxylic acids is 1. The van der Waals surface area contributed by atoms with Gasteiger partial charge in [-0.25, -0.2) is 4.39 Å². The largest absolute Gasteiger partial charge is 0.426 e. The van der Waals surface area contributed by atoms with E-state index in [0.717, 1.165) is 0 Å². The highest BCUT2D eigenvalue weighted by Gasteiger charge is 2.71. The zero-order valence-corrected chi connectivity index (χ0v) is 9.35. The number of likely N-dealkylation sites (tertiary alicyclic amines) is 1. The molecule has 0 saturated carbocycles. The molecule has 1 heterocycles. The van der Waals surface area contributed by atoms with E-state index in [0.29, 0.717) is 4.90 Å². The summed E-state index contributed by atoms with van der Waals surface area (Å²) >= 11 is 0. The minimum Gasteiger partial charge on any atom is -0.373 e. The summed E-state index contributed by atoms with van der Waals surface area (Å²) in [6.07, 6.45) is -15.9. The van der Waals surface area contributed by atoms with Crippen molar-refractivity contribution in [1.82, 2.24) is 4.90 Å². The average molecular weight is 297 g/mol. The second-order valence-electron chi connectivity index (χ2n) is 4.26. The zero-order chi connectivity index (χ0) is 15.1. The highest BCUT2D eigenvalue weighted by Crippen LogP contribution is 2.45. The van der Waals surface area contributed by atoms with Gasteiger partial charge in [-0.15, -0.1) is 0 Å². The topological polar surface area (TPSA) is 40.5 Å². The van der Waals surface area contributed by atoms with Crippen LogP contribution in [0.5, 0.6) is 0 Å². The van der Waals surface area contributed by atoms with Gasteiger partial charge in [-0.3, -0.25) is 4.79 Å². The van der Waals surface area contributed by atoms with Crippen LogP contribution < -0.4 is 0 Å². The molecule has 0 aliphatic carbocycles. The number of halogens is 7. The third-order valence-corrected chi connectivity index (χ3v) is 2.83. The van der Waals surface area contributed by atoms with Gasteiger partial charge in [0.05, 0.1) is 13.0 Å². The molecule has 112 valence electrons. The van der Waals surface area contributed by atoms with E-state index in [2.05, 4.69) is 0 Å². The molecule has 10 heteroatoms. The molecule has 1 N–H and O–H groups in total. The van der Waals surface area contributed by atoms with Crippen molar-refractivity contribution >= 4 is 5.91 Å². The van der Waals surface area contributed by atoms with E-state index < -0.39 is 43.0 Å². The van der Waals surface area contributed by atoms with Crippen molar-refractivity contribution in [3.63, 3.8) is 0 Å². The molecule has 1 atom stereocenters. The lowest BCUT2D eigenvalue weighted by atomic mass is 9.97. The highest BCUT2D eigenvalue weighted by atomic mass is 19.4. The molecular formula is C9H10F7NO2. The Bertz CT molecular complexity index is 337. The average Bonchev–Trinajstić information content (AvgIpc) is 2.61. The van der Waals surface area contributed by atoms with Gasteiger partial charge in [0.2, 0.25) is 5.91 Å². The Labute approximate surface area is 103 Å². The molecule has 0 aromatic carbocycles. The number of hydrogen-bond acceptors (Lipinski definition) is 2. The number of rotatable bonds is 2. The van der Waals surface area contributed by atoms with Gasteiger partial charge in [0.1, 0.15) is 6.17 Å². The molecule has 1 rings (SSSR count). The molecule has 1 saturated heterocycles. The second-order valence-corrected chi connectivity index (χ2v) is 4.26. The maximum absolute atomic E-state index is 12.7. The smallest absolute Gasteiger partial charge is 0.373 e. The van der Waals surface area contributed by atoms with Crippen LogP contribution in [-0.4, -0.2) is 53.1 Å². The number of aliphatic hydroxyl groups is 1. The SMILES string of the molecule is O=C(CC(O)(C(F)(F)F)C(F)(F)F)N1CC[C@H](F)C1. The first-order valence-corrected chi connectivity index (χ1v) is 5.16. The minimum atomic E-state index is -6.05. The van der Waals surface area contributed by atoms with E-state index in [1.165, 1.54) is 0 Å². The predicted molar refractivity (Wildman–Crippen MR) is 47.8 cm³/mol. The maximum Gasteiger partial charge on any atom is 0.426 e. The summed E-state index contributed by atoms with van der Waals surface area (Å²) in [7, 11) is 0. The van der Waals surface area contributed by atoms with Crippen LogP contribution in [0.3, 0.4) is 0 Å². The van der Waals surface area contributed by atoms with Crippen LogP contribution in [0.1, 0.15) is 12.8 Å². The van der Waals surface area contributed by atoms with Crippen LogP contribution in [0, 0.1) is 0 Å². The van der Waals surface area contributed by atoms with E-state index in [-0.39, 0.29) is 13.0 Å². The summed E-state index contributed by atoms with van der Waals surface area (Å²) in [5, 5.41) is 8.79. The van der Waals surface area contributed by atoms with Gasteiger partial charge in [-0.05, 0) is 6.42 Å². The molecule has 0 aromatic rings. The van der Waals surface area contributed by atoms with Gasteiger partial charge >= 0.3 is 12.4 Å². The molecule has 19 heavy (non-hydrogen) atoms. The van der Waals surface area contributed by atoms with E-state index in [4.69, 9.17) is 5.11 Å². The molecule has 0 spiro atoms. The fraction of sp³-hybridized carbons (Fsp3) is 0.889. The highest BCUT2D eigenvalue weighted by molar-refractivity contribution is 5.78. The van der Waals surface area contributed by atoms with Crippen LogP contribution in [0.4, 0.5) is 30.7 Å². The first-order chi connectivity index (χ1) is 8.38. The monoisotopic (exact) mass is 297 g/mol. The Hall–Kier alpha value is -1.06. The van der Waals surface area contributed by atoms with Gasteiger partial charge in [-0.1, -0.05) is 0 Å². The van der Waals surface area contributed by atoms with Crippen molar-refractivity contribution in [2.75, 3.05) is 13.1 Å². The number of hydrogen-bond donors (Lipinski definition) is 1. The third kappa shape index (κ3) is 3.10. The molecule has 1 aliphatic heterocycles. The van der Waals surface area contributed by atoms with Gasteiger partial charge in [0, 0.05) is 6.54 Å². The van der Waals surface area contributed by atoms with Gasteiger partial charge < -0.3 is 10.0 Å². The number of amides is 1. The molecular weight excluding hydrogens is 287 g/mol. The van der Waals surface area contributed by atoms with Gasteiger partial charge in [-0.2, -0.15) is 26.3 Å². The number of carbonyl (C=O) groups is 1. The lowest BCUT2D eigenvalue weighted by Crippen LogP contribution is -2.59. The number of alkyl halides is 7. The van der Waals surface area contributed by atoms with E-state index >= 15 is 0 Å². The second kappa shape index (κ2) is 4.80. The Morgan fingerprint density at radius 1 is 1.16 bits per heavy atom. The van der Waals surface area contributed by atoms with Crippen molar-refractivity contribution in [3.8, 4) is 0 Å². The Kier molecular flexibility index (Phi) is 4.04. The normalized spacial score (nSPS) is 21.9. The fourth-order valence-electron chi connectivity index (χ4n) is 1.64. The minimum absolute atomic E-state index is 0.151. The number of nitrogens with zero attached hydrogens (tertiary/aromatic N) is 1. The molecule has 0 aromatic heterocycles.